The van der Waals surface area contributed by atoms with E-state index in [1.807, 2.05) is 30.3 Å². The Hall–Kier alpha value is -2.78. The second-order valence-electron chi connectivity index (χ2n) is 6.74. The number of fused-ring (bicyclic) bond motifs is 1. The molecule has 0 aliphatic carbocycles. The van der Waals surface area contributed by atoms with Crippen LogP contribution in [0.3, 0.4) is 0 Å². The first kappa shape index (κ1) is 16.7. The molecule has 0 unspecified atom stereocenters. The fraction of sp³-hybridized carbons (Fsp3) is 0.217. The van der Waals surface area contributed by atoms with Gasteiger partial charge in [-0.15, -0.1) is 0 Å². The van der Waals surface area contributed by atoms with E-state index in [1.54, 1.807) is 0 Å². The molecule has 0 fully saturated rings. The Morgan fingerprint density at radius 2 is 1.58 bits per heavy atom. The van der Waals surface area contributed by atoms with E-state index >= 15 is 0 Å². The van der Waals surface area contributed by atoms with Crippen molar-refractivity contribution in [3.8, 4) is 5.75 Å². The first-order chi connectivity index (χ1) is 12.8. The molecule has 1 atom stereocenters. The molecule has 1 aliphatic heterocycles. The maximum Gasteiger partial charge on any atom is 0.121 e. The minimum atomic E-state index is 0.164. The topological polar surface area (TPSA) is 32.7 Å². The summed E-state index contributed by atoms with van der Waals surface area (Å²) in [7, 11) is 0. The number of anilines is 1. The predicted octanol–water partition coefficient (Wildman–Crippen LogP) is 4.36. The molecule has 3 heteroatoms. The Morgan fingerprint density at radius 3 is 2.27 bits per heavy atom. The van der Waals surface area contributed by atoms with E-state index in [9.17, 15) is 5.11 Å². The van der Waals surface area contributed by atoms with Crippen LogP contribution < -0.4 is 9.64 Å². The van der Waals surface area contributed by atoms with Crippen LogP contribution in [-0.4, -0.2) is 18.3 Å². The first-order valence-electron chi connectivity index (χ1n) is 9.04. The number of hydrogen-bond donors (Lipinski definition) is 1. The standard InChI is InChI=1S/C23H23NO2/c25-16-20-15-24(14-18-7-3-1-4-8-18)23-13-21(11-12-22(20)23)26-17-19-9-5-2-6-10-19/h1-13,20,25H,14-17H2/t20-/m0/s1. The average Bonchev–Trinajstić information content (AvgIpc) is 3.05. The zero-order valence-electron chi connectivity index (χ0n) is 14.7. The molecule has 3 aromatic carbocycles. The van der Waals surface area contributed by atoms with Gasteiger partial charge in [0.25, 0.3) is 0 Å². The summed E-state index contributed by atoms with van der Waals surface area (Å²) >= 11 is 0. The van der Waals surface area contributed by atoms with Crippen LogP contribution >= 0.6 is 0 Å². The highest BCUT2D eigenvalue weighted by atomic mass is 16.5. The number of aliphatic hydroxyl groups excluding tert-OH is 1. The number of nitrogens with zero attached hydrogens (tertiary/aromatic N) is 1. The molecule has 4 rings (SSSR count). The summed E-state index contributed by atoms with van der Waals surface area (Å²) in [5, 5.41) is 9.76. The van der Waals surface area contributed by atoms with Gasteiger partial charge in [0.1, 0.15) is 12.4 Å². The van der Waals surface area contributed by atoms with Gasteiger partial charge in [-0.1, -0.05) is 66.7 Å². The molecule has 0 saturated carbocycles. The minimum Gasteiger partial charge on any atom is -0.489 e. The molecule has 0 aromatic heterocycles. The van der Waals surface area contributed by atoms with Crippen LogP contribution in [0.15, 0.2) is 78.9 Å². The van der Waals surface area contributed by atoms with Gasteiger partial charge in [-0.25, -0.2) is 0 Å². The Morgan fingerprint density at radius 1 is 0.885 bits per heavy atom. The molecule has 0 saturated heterocycles. The molecule has 0 spiro atoms. The Labute approximate surface area is 154 Å². The molecule has 132 valence electrons. The van der Waals surface area contributed by atoms with Gasteiger partial charge in [-0.2, -0.15) is 0 Å². The van der Waals surface area contributed by atoms with Crippen molar-refractivity contribution in [2.75, 3.05) is 18.1 Å². The van der Waals surface area contributed by atoms with E-state index in [4.69, 9.17) is 4.74 Å². The monoisotopic (exact) mass is 345 g/mol. The van der Waals surface area contributed by atoms with Gasteiger partial charge in [0.15, 0.2) is 0 Å². The molecule has 3 aromatic rings. The number of rotatable bonds is 6. The highest BCUT2D eigenvalue weighted by Gasteiger charge is 2.28. The van der Waals surface area contributed by atoms with Crippen LogP contribution in [-0.2, 0) is 13.2 Å². The Bertz CT molecular complexity index is 849. The van der Waals surface area contributed by atoms with Crippen LogP contribution in [0.25, 0.3) is 0 Å². The average molecular weight is 345 g/mol. The van der Waals surface area contributed by atoms with Crippen molar-refractivity contribution >= 4 is 5.69 Å². The van der Waals surface area contributed by atoms with Crippen LogP contribution in [0.1, 0.15) is 22.6 Å². The SMILES string of the molecule is OC[C@@H]1CN(Cc2ccccc2)c2cc(OCc3ccccc3)ccc21. The van der Waals surface area contributed by atoms with Crippen molar-refractivity contribution in [1.82, 2.24) is 0 Å². The van der Waals surface area contributed by atoms with Crippen molar-refractivity contribution in [3.63, 3.8) is 0 Å². The highest BCUT2D eigenvalue weighted by molar-refractivity contribution is 5.63. The highest BCUT2D eigenvalue weighted by Crippen LogP contribution is 2.39. The third kappa shape index (κ3) is 3.58. The van der Waals surface area contributed by atoms with E-state index in [2.05, 4.69) is 53.4 Å². The zero-order valence-corrected chi connectivity index (χ0v) is 14.7. The molecule has 0 radical (unpaired) electrons. The lowest BCUT2D eigenvalue weighted by atomic mass is 10.0. The molecule has 1 aliphatic rings. The van der Waals surface area contributed by atoms with Gasteiger partial charge in [0.05, 0.1) is 6.61 Å². The summed E-state index contributed by atoms with van der Waals surface area (Å²) in [5.74, 6) is 1.03. The Kier molecular flexibility index (Phi) is 4.89. The molecule has 1 N–H and O–H groups in total. The van der Waals surface area contributed by atoms with E-state index in [0.717, 1.165) is 24.4 Å². The summed E-state index contributed by atoms with van der Waals surface area (Å²) in [6.45, 7) is 2.40. The van der Waals surface area contributed by atoms with Gasteiger partial charge < -0.3 is 14.7 Å². The second kappa shape index (κ2) is 7.63. The number of ether oxygens (including phenoxy) is 1. The van der Waals surface area contributed by atoms with E-state index in [-0.39, 0.29) is 12.5 Å². The molecular formula is C23H23NO2. The lowest BCUT2D eigenvalue weighted by Gasteiger charge is -2.20. The van der Waals surface area contributed by atoms with Crippen LogP contribution in [0.5, 0.6) is 5.75 Å². The summed E-state index contributed by atoms with van der Waals surface area (Å²) in [6.07, 6.45) is 0. The van der Waals surface area contributed by atoms with Crippen LogP contribution in [0, 0.1) is 0 Å². The Balaban J connectivity index is 1.54. The normalized spacial score (nSPS) is 15.7. The number of benzene rings is 3. The third-order valence-corrected chi connectivity index (χ3v) is 4.91. The van der Waals surface area contributed by atoms with Crippen molar-refractivity contribution in [1.29, 1.82) is 0 Å². The summed E-state index contributed by atoms with van der Waals surface area (Å²) in [4.78, 5) is 2.33. The fourth-order valence-corrected chi connectivity index (χ4v) is 3.55. The van der Waals surface area contributed by atoms with E-state index in [1.165, 1.54) is 16.8 Å². The summed E-state index contributed by atoms with van der Waals surface area (Å²) in [6, 6.07) is 26.9. The molecule has 1 heterocycles. The second-order valence-corrected chi connectivity index (χ2v) is 6.74. The minimum absolute atomic E-state index is 0.164. The van der Waals surface area contributed by atoms with E-state index < -0.39 is 0 Å². The fourth-order valence-electron chi connectivity index (χ4n) is 3.55. The van der Waals surface area contributed by atoms with Crippen molar-refractivity contribution in [3.05, 3.63) is 95.6 Å². The van der Waals surface area contributed by atoms with Gasteiger partial charge in [0.2, 0.25) is 0 Å². The van der Waals surface area contributed by atoms with Gasteiger partial charge >= 0.3 is 0 Å². The van der Waals surface area contributed by atoms with Crippen molar-refractivity contribution < 1.29 is 9.84 Å². The third-order valence-electron chi connectivity index (χ3n) is 4.91. The maximum atomic E-state index is 9.76. The lowest BCUT2D eigenvalue weighted by Crippen LogP contribution is -2.22. The van der Waals surface area contributed by atoms with Gasteiger partial charge in [-0.3, -0.25) is 0 Å². The van der Waals surface area contributed by atoms with E-state index in [0.29, 0.717) is 6.61 Å². The smallest absolute Gasteiger partial charge is 0.121 e. The number of hydrogen-bond acceptors (Lipinski definition) is 3. The van der Waals surface area contributed by atoms with Gasteiger partial charge in [-0.05, 0) is 22.8 Å². The maximum absolute atomic E-state index is 9.76. The quantitative estimate of drug-likeness (QED) is 0.720. The first-order valence-corrected chi connectivity index (χ1v) is 9.04. The van der Waals surface area contributed by atoms with Crippen molar-refractivity contribution in [2.45, 2.75) is 19.1 Å². The van der Waals surface area contributed by atoms with Crippen LogP contribution in [0.4, 0.5) is 5.69 Å². The van der Waals surface area contributed by atoms with Gasteiger partial charge in [0, 0.05) is 30.8 Å². The molecule has 26 heavy (non-hydrogen) atoms. The largest absolute Gasteiger partial charge is 0.489 e. The van der Waals surface area contributed by atoms with Crippen molar-refractivity contribution in [2.24, 2.45) is 0 Å². The summed E-state index contributed by atoms with van der Waals surface area (Å²) < 4.78 is 6.00. The molecule has 0 amide bonds. The molecule has 0 bridgehead atoms. The predicted molar refractivity (Wildman–Crippen MR) is 105 cm³/mol. The summed E-state index contributed by atoms with van der Waals surface area (Å²) in [5.41, 5.74) is 4.80. The molecule has 3 nitrogen and oxygen atoms in total. The van der Waals surface area contributed by atoms with Crippen LogP contribution in [0.2, 0.25) is 0 Å². The lowest BCUT2D eigenvalue weighted by molar-refractivity contribution is 0.270. The molecular weight excluding hydrogens is 322 g/mol. The zero-order chi connectivity index (χ0) is 17.8. The number of aliphatic hydroxyl groups is 1.